The number of oxazole rings is 2. The van der Waals surface area contributed by atoms with Crippen LogP contribution in [-0.2, 0) is 33.2 Å². The molecule has 4 heterocycles. The fraction of sp³-hybridized carbons (Fsp3) is 0.156. The van der Waals surface area contributed by atoms with Crippen molar-refractivity contribution in [2.75, 3.05) is 52.3 Å². The first-order chi connectivity index (χ1) is 44.9. The number of aromatic nitrogens is 4. The van der Waals surface area contributed by atoms with E-state index in [9.17, 15) is 48.4 Å². The molecule has 0 aliphatic rings. The van der Waals surface area contributed by atoms with Gasteiger partial charge in [0.2, 0.25) is 34.8 Å². The van der Waals surface area contributed by atoms with Gasteiger partial charge in [0.25, 0.3) is 27.2 Å². The maximum Gasteiger partial charge on any atom is 0.339 e. The highest BCUT2D eigenvalue weighted by Gasteiger charge is 2.33. The van der Waals surface area contributed by atoms with Gasteiger partial charge in [-0.15, -0.1) is 0 Å². The molecular formula is C64H53Br2F5N6O15S2. The predicted molar refractivity (Wildman–Crippen MR) is 344 cm³/mol. The molecular weight excluding hydrogens is 1410 g/mol. The normalized spacial score (nSPS) is 11.3. The number of sulfonamides is 1. The molecule has 7 aromatic carbocycles. The number of fused-ring (bicyclic) bond motifs is 2. The zero-order chi connectivity index (χ0) is 67.9. The average molecular weight is 1470 g/mol. The van der Waals surface area contributed by atoms with E-state index >= 15 is 0 Å². The molecule has 0 amide bonds. The molecule has 21 nitrogen and oxygen atoms in total. The zero-order valence-corrected chi connectivity index (χ0v) is 55.4. The number of halogens is 7. The fourth-order valence-corrected chi connectivity index (χ4v) is 12.4. The third kappa shape index (κ3) is 14.3. The summed E-state index contributed by atoms with van der Waals surface area (Å²) >= 11 is 6.87. The van der Waals surface area contributed by atoms with Crippen LogP contribution in [0.1, 0.15) is 22.3 Å². The van der Waals surface area contributed by atoms with E-state index in [0.717, 1.165) is 59.6 Å². The van der Waals surface area contributed by atoms with Crippen molar-refractivity contribution in [1.82, 2.24) is 19.1 Å². The second-order valence-corrected chi connectivity index (χ2v) is 24.9. The van der Waals surface area contributed by atoms with Crippen LogP contribution in [0.25, 0.3) is 33.2 Å². The van der Waals surface area contributed by atoms with Crippen molar-refractivity contribution < 1.29 is 80.2 Å². The molecule has 94 heavy (non-hydrogen) atoms. The molecule has 1 N–H and O–H groups in total. The summed E-state index contributed by atoms with van der Waals surface area (Å²) in [5.41, 5.74) is 4.11. The van der Waals surface area contributed by atoms with Crippen LogP contribution in [0.5, 0.6) is 40.2 Å². The quantitative estimate of drug-likeness (QED) is 0.0342. The molecule has 0 saturated heterocycles. The number of anilines is 2. The minimum absolute atomic E-state index is 0.0140. The lowest BCUT2D eigenvalue weighted by Crippen LogP contribution is -2.31. The Morgan fingerprint density at radius 2 is 0.989 bits per heavy atom. The van der Waals surface area contributed by atoms with E-state index in [1.165, 1.54) is 86.6 Å². The Morgan fingerprint density at radius 1 is 0.521 bits per heavy atom. The summed E-state index contributed by atoms with van der Waals surface area (Å²) in [6, 6.07) is 31.3. The van der Waals surface area contributed by atoms with Crippen molar-refractivity contribution in [2.45, 2.75) is 36.7 Å². The highest BCUT2D eigenvalue weighted by atomic mass is 79.9. The van der Waals surface area contributed by atoms with Crippen molar-refractivity contribution in [3.63, 3.8) is 0 Å². The van der Waals surface area contributed by atoms with E-state index in [2.05, 4.69) is 51.3 Å². The fourth-order valence-electron chi connectivity index (χ4n) is 9.39. The van der Waals surface area contributed by atoms with E-state index < -0.39 is 65.4 Å². The second-order valence-electron chi connectivity index (χ2n) is 19.8. The van der Waals surface area contributed by atoms with Gasteiger partial charge in [-0.3, -0.25) is 18.7 Å². The summed E-state index contributed by atoms with van der Waals surface area (Å²) in [5.74, 6) is -10.7. The van der Waals surface area contributed by atoms with E-state index in [0.29, 0.717) is 63.4 Å². The van der Waals surface area contributed by atoms with E-state index in [-0.39, 0.29) is 33.9 Å². The Hall–Kier alpha value is -9.91. The lowest BCUT2D eigenvalue weighted by atomic mass is 10.1. The van der Waals surface area contributed by atoms with Gasteiger partial charge >= 0.3 is 16.1 Å². The number of methoxy groups -OCH3 is 6. The van der Waals surface area contributed by atoms with Crippen LogP contribution in [-0.4, -0.2) is 78.6 Å². The lowest BCUT2D eigenvalue weighted by molar-refractivity contribution is 0.346. The SMILES string of the molecule is COc1cc(Br)c(C)cc1-n1c(=O)ccc2cc(S(=O)(=O)Oc3c(F)c(F)c(F)c(F)c3F)ccc21.COc1ccc(CN(c2ncco2)S(=O)(=O)c2ccc3c(ccc(=O)n3-c3cc(C)c(Br)cc3OC)c2)c(OC)c1.COc1ccc(CNc2ncco2)c(OC)c1. The molecule has 11 aromatic rings. The van der Waals surface area contributed by atoms with Gasteiger partial charge in [0.1, 0.15) is 51.9 Å². The number of aryl methyl sites for hydroxylation is 2. The van der Waals surface area contributed by atoms with Crippen LogP contribution in [0.4, 0.5) is 34.0 Å². The Kier molecular flexibility index (Phi) is 21.1. The molecule has 490 valence electrons. The third-order valence-electron chi connectivity index (χ3n) is 14.2. The molecule has 4 aromatic heterocycles. The summed E-state index contributed by atoms with van der Waals surface area (Å²) in [6.07, 6.45) is 5.78. The molecule has 0 aliphatic heterocycles. The largest absolute Gasteiger partial charge is 0.497 e. The number of pyridine rings is 2. The molecule has 0 saturated carbocycles. The Morgan fingerprint density at radius 3 is 1.47 bits per heavy atom. The summed E-state index contributed by atoms with van der Waals surface area (Å²) in [5, 5.41) is 3.76. The van der Waals surface area contributed by atoms with Gasteiger partial charge in [0.05, 0.1) is 88.9 Å². The van der Waals surface area contributed by atoms with Gasteiger partial charge < -0.3 is 46.8 Å². The molecule has 0 unspecified atom stereocenters. The molecule has 0 bridgehead atoms. The number of nitrogens with one attached hydrogen (secondary N) is 1. The minimum Gasteiger partial charge on any atom is -0.497 e. The van der Waals surface area contributed by atoms with E-state index in [1.807, 2.05) is 31.2 Å². The number of benzene rings is 7. The van der Waals surface area contributed by atoms with Crippen molar-refractivity contribution >= 4 is 85.8 Å². The molecule has 30 heteroatoms. The third-order valence-corrected chi connectivity index (χ3v) is 18.8. The van der Waals surface area contributed by atoms with E-state index in [4.69, 9.17) is 37.3 Å². The monoisotopic (exact) mass is 1460 g/mol. The van der Waals surface area contributed by atoms with Gasteiger partial charge in [0.15, 0.2) is 0 Å². The summed E-state index contributed by atoms with van der Waals surface area (Å²) < 4.78 is 174. The number of nitrogens with zero attached hydrogens (tertiary/aromatic N) is 5. The number of hydrogen-bond acceptors (Lipinski definition) is 18. The maximum atomic E-state index is 14.1. The first-order valence-corrected chi connectivity index (χ1v) is 31.8. The van der Waals surface area contributed by atoms with Crippen LogP contribution in [0.15, 0.2) is 183 Å². The topological polar surface area (TPSA) is 244 Å². The van der Waals surface area contributed by atoms with Gasteiger partial charge in [-0.2, -0.15) is 17.2 Å². The van der Waals surface area contributed by atoms with E-state index in [1.54, 1.807) is 75.9 Å². The first kappa shape index (κ1) is 68.5. The molecule has 0 radical (unpaired) electrons. The standard InChI is InChI=1S/C29H26BrN3O7S.C23H13BrF5NO5S.C12H14N2O3/c1-18-13-25(27(39-4)16-23(18)30)33-24-9-8-22(14-19(24)6-10-28(33)34)41(35,36)32(29-31-11-12-40-29)17-20-5-7-21(37-2)15-26(20)38-3;1-10-7-15(16(34-2)9-13(10)24)30-14-5-4-12(8-11(14)3-6-17(30)31)36(32,33)35-23-21(28)19(26)18(25)20(27)22(23)29;1-15-10-4-3-9(11(7-10)16-2)8-14-12-13-5-6-17-12/h5-16H,17H2,1-4H3;3-9H,1-2H3;3-7H,8H2,1-2H3,(H,13,14). The second kappa shape index (κ2) is 28.9. The Labute approximate surface area is 549 Å². The summed E-state index contributed by atoms with van der Waals surface area (Å²) in [4.78, 5) is 33.2. The summed E-state index contributed by atoms with van der Waals surface area (Å²) in [7, 11) is -0.0539. The smallest absolute Gasteiger partial charge is 0.339 e. The Bertz CT molecular complexity index is 4980. The van der Waals surface area contributed by atoms with Crippen molar-refractivity contribution in [3.8, 4) is 51.6 Å². The molecule has 0 spiro atoms. The summed E-state index contributed by atoms with van der Waals surface area (Å²) in [6.45, 7) is 4.14. The molecule has 0 atom stereocenters. The van der Waals surface area contributed by atoms with Gasteiger partial charge in [0, 0.05) is 61.7 Å². The van der Waals surface area contributed by atoms with Crippen LogP contribution in [0.3, 0.4) is 0 Å². The van der Waals surface area contributed by atoms with Gasteiger partial charge in [-0.1, -0.05) is 31.9 Å². The van der Waals surface area contributed by atoms with Crippen molar-refractivity contribution in [1.29, 1.82) is 0 Å². The van der Waals surface area contributed by atoms with Crippen LogP contribution < -0.4 is 53.3 Å². The number of rotatable bonds is 19. The highest BCUT2D eigenvalue weighted by Crippen LogP contribution is 2.37. The van der Waals surface area contributed by atoms with Gasteiger partial charge in [-0.05, 0) is 122 Å². The maximum absolute atomic E-state index is 14.1. The lowest BCUT2D eigenvalue weighted by Gasteiger charge is -2.22. The minimum atomic E-state index is -5.06. The van der Waals surface area contributed by atoms with Crippen molar-refractivity contribution in [3.05, 3.63) is 227 Å². The van der Waals surface area contributed by atoms with Crippen LogP contribution in [0, 0.1) is 42.9 Å². The molecule has 0 fully saturated rings. The Balaban J connectivity index is 0.000000179. The predicted octanol–water partition coefficient (Wildman–Crippen LogP) is 13.3. The average Bonchev–Trinajstić information content (AvgIpc) is 0.823. The number of ether oxygens (including phenoxy) is 6. The molecule has 0 aliphatic carbocycles. The first-order valence-electron chi connectivity index (χ1n) is 27.3. The number of hydrogen-bond donors (Lipinski definition) is 1. The van der Waals surface area contributed by atoms with Crippen LogP contribution >= 0.6 is 31.9 Å². The van der Waals surface area contributed by atoms with Gasteiger partial charge in [-0.25, -0.2) is 35.9 Å². The van der Waals surface area contributed by atoms with Crippen molar-refractivity contribution in [2.24, 2.45) is 0 Å². The van der Waals surface area contributed by atoms with Crippen LogP contribution in [0.2, 0.25) is 0 Å². The highest BCUT2D eigenvalue weighted by molar-refractivity contribution is 9.10. The molecule has 11 rings (SSSR count). The zero-order valence-electron chi connectivity index (χ0n) is 50.6.